The molecule has 2 rings (SSSR count). The lowest BCUT2D eigenvalue weighted by atomic mass is 9.98. The Balaban J connectivity index is 1.87. The fourth-order valence-corrected chi connectivity index (χ4v) is 2.96. The number of carboxylic acids is 1. The Morgan fingerprint density at radius 3 is 2.38 bits per heavy atom. The van der Waals surface area contributed by atoms with Crippen LogP contribution in [0, 0.1) is 11.8 Å². The number of halogens is 3. The van der Waals surface area contributed by atoms with Crippen molar-refractivity contribution < 1.29 is 27.9 Å². The number of rotatable bonds is 5. The van der Waals surface area contributed by atoms with Crippen molar-refractivity contribution in [3.8, 4) is 0 Å². The van der Waals surface area contributed by atoms with Gasteiger partial charge in [-0.25, -0.2) is 0 Å². The van der Waals surface area contributed by atoms with E-state index in [2.05, 4.69) is 5.32 Å². The molecule has 1 aromatic rings. The van der Waals surface area contributed by atoms with E-state index in [9.17, 15) is 22.8 Å². The molecule has 0 aromatic heterocycles. The van der Waals surface area contributed by atoms with Crippen molar-refractivity contribution >= 4 is 11.9 Å². The standard InChI is InChI=1S/C17H20F3NO3/c1-10(8-11-2-5-13(6-3-11)17(18,19)20)15(22)21-14-7-4-12(9-14)16(23)24/h2-3,5-6,10,12,14H,4,7-9H2,1H3,(H,21,22)(H,23,24)/t10?,12-,14+/m0/s1. The summed E-state index contributed by atoms with van der Waals surface area (Å²) in [7, 11) is 0. The lowest BCUT2D eigenvalue weighted by molar-refractivity contribution is -0.141. The van der Waals surface area contributed by atoms with Crippen molar-refractivity contribution in [2.75, 3.05) is 0 Å². The number of carboxylic acid groups (broad SMARTS) is 1. The minimum absolute atomic E-state index is 0.145. The van der Waals surface area contributed by atoms with Crippen molar-refractivity contribution in [3.05, 3.63) is 35.4 Å². The van der Waals surface area contributed by atoms with Gasteiger partial charge in [0, 0.05) is 12.0 Å². The van der Waals surface area contributed by atoms with Crippen molar-refractivity contribution in [1.82, 2.24) is 5.32 Å². The van der Waals surface area contributed by atoms with E-state index in [1.165, 1.54) is 12.1 Å². The third-order valence-electron chi connectivity index (χ3n) is 4.40. The van der Waals surface area contributed by atoms with E-state index in [4.69, 9.17) is 5.11 Å². The molecular formula is C17H20F3NO3. The van der Waals surface area contributed by atoms with E-state index < -0.39 is 29.5 Å². The Morgan fingerprint density at radius 2 is 1.88 bits per heavy atom. The molecular weight excluding hydrogens is 323 g/mol. The molecule has 132 valence electrons. The van der Waals surface area contributed by atoms with Crippen LogP contribution in [0.3, 0.4) is 0 Å². The fraction of sp³-hybridized carbons (Fsp3) is 0.529. The minimum Gasteiger partial charge on any atom is -0.481 e. The van der Waals surface area contributed by atoms with Crippen LogP contribution in [-0.2, 0) is 22.2 Å². The van der Waals surface area contributed by atoms with Gasteiger partial charge in [-0.2, -0.15) is 13.2 Å². The zero-order chi connectivity index (χ0) is 17.9. The monoisotopic (exact) mass is 343 g/mol. The summed E-state index contributed by atoms with van der Waals surface area (Å²) >= 11 is 0. The summed E-state index contributed by atoms with van der Waals surface area (Å²) in [6.45, 7) is 1.70. The number of benzene rings is 1. The number of nitrogens with one attached hydrogen (secondary N) is 1. The maximum atomic E-state index is 12.5. The molecule has 0 radical (unpaired) electrons. The highest BCUT2D eigenvalue weighted by molar-refractivity contribution is 5.79. The maximum absolute atomic E-state index is 12.5. The first-order valence-corrected chi connectivity index (χ1v) is 7.86. The van der Waals surface area contributed by atoms with Crippen molar-refractivity contribution in [2.24, 2.45) is 11.8 Å². The second-order valence-corrected chi connectivity index (χ2v) is 6.35. The van der Waals surface area contributed by atoms with Crippen LogP contribution < -0.4 is 5.32 Å². The molecule has 0 aliphatic heterocycles. The molecule has 1 fully saturated rings. The average Bonchev–Trinajstić information content (AvgIpc) is 2.95. The fourth-order valence-electron chi connectivity index (χ4n) is 2.96. The Bertz CT molecular complexity index is 598. The van der Waals surface area contributed by atoms with Crippen LogP contribution >= 0.6 is 0 Å². The van der Waals surface area contributed by atoms with Gasteiger partial charge in [-0.1, -0.05) is 19.1 Å². The molecule has 1 aliphatic rings. The Labute approximate surface area is 138 Å². The molecule has 1 saturated carbocycles. The number of hydrogen-bond donors (Lipinski definition) is 2. The van der Waals surface area contributed by atoms with E-state index in [-0.39, 0.29) is 11.9 Å². The summed E-state index contributed by atoms with van der Waals surface area (Å²) in [6.07, 6.45) is -2.43. The number of alkyl halides is 3. The van der Waals surface area contributed by atoms with E-state index in [0.29, 0.717) is 31.2 Å². The summed E-state index contributed by atoms with van der Waals surface area (Å²) in [5.74, 6) is -1.86. The van der Waals surface area contributed by atoms with E-state index in [1.54, 1.807) is 6.92 Å². The highest BCUT2D eigenvalue weighted by Gasteiger charge is 2.32. The highest BCUT2D eigenvalue weighted by atomic mass is 19.4. The van der Waals surface area contributed by atoms with Crippen LogP contribution in [0.25, 0.3) is 0 Å². The van der Waals surface area contributed by atoms with E-state index in [1.807, 2.05) is 0 Å². The Kier molecular flexibility index (Phi) is 5.51. The summed E-state index contributed by atoms with van der Waals surface area (Å²) in [6, 6.07) is 4.63. The molecule has 0 heterocycles. The van der Waals surface area contributed by atoms with Gasteiger partial charge in [-0.15, -0.1) is 0 Å². The quantitative estimate of drug-likeness (QED) is 0.862. The van der Waals surface area contributed by atoms with Gasteiger partial charge >= 0.3 is 12.1 Å². The van der Waals surface area contributed by atoms with Crippen molar-refractivity contribution in [2.45, 2.75) is 44.8 Å². The molecule has 1 amide bonds. The second kappa shape index (κ2) is 7.23. The SMILES string of the molecule is CC(Cc1ccc(C(F)(F)F)cc1)C(=O)N[C@@H]1CC[C@H](C(=O)O)C1. The smallest absolute Gasteiger partial charge is 0.416 e. The second-order valence-electron chi connectivity index (χ2n) is 6.35. The normalized spacial score (nSPS) is 22.2. The first-order valence-electron chi connectivity index (χ1n) is 7.86. The summed E-state index contributed by atoms with van der Waals surface area (Å²) in [5, 5.41) is 11.8. The lowest BCUT2D eigenvalue weighted by Gasteiger charge is -2.17. The van der Waals surface area contributed by atoms with Crippen LogP contribution in [0.15, 0.2) is 24.3 Å². The topological polar surface area (TPSA) is 66.4 Å². The third-order valence-corrected chi connectivity index (χ3v) is 4.40. The predicted octanol–water partition coefficient (Wildman–Crippen LogP) is 3.25. The summed E-state index contributed by atoms with van der Waals surface area (Å²) in [4.78, 5) is 23.1. The number of aliphatic carboxylic acids is 1. The molecule has 0 bridgehead atoms. The Morgan fingerprint density at radius 1 is 1.25 bits per heavy atom. The maximum Gasteiger partial charge on any atom is 0.416 e. The largest absolute Gasteiger partial charge is 0.481 e. The molecule has 1 unspecified atom stereocenters. The van der Waals surface area contributed by atoms with E-state index in [0.717, 1.165) is 12.1 Å². The third kappa shape index (κ3) is 4.72. The first-order chi connectivity index (χ1) is 11.2. The van der Waals surface area contributed by atoms with Gasteiger partial charge in [0.25, 0.3) is 0 Å². The van der Waals surface area contributed by atoms with Gasteiger partial charge in [-0.05, 0) is 43.4 Å². The van der Waals surface area contributed by atoms with Gasteiger partial charge < -0.3 is 10.4 Å². The average molecular weight is 343 g/mol. The Hall–Kier alpha value is -2.05. The molecule has 0 saturated heterocycles. The number of hydrogen-bond acceptors (Lipinski definition) is 2. The zero-order valence-electron chi connectivity index (χ0n) is 13.3. The van der Waals surface area contributed by atoms with Gasteiger partial charge in [0.2, 0.25) is 5.91 Å². The highest BCUT2D eigenvalue weighted by Crippen LogP contribution is 2.29. The van der Waals surface area contributed by atoms with Crippen LogP contribution in [0.1, 0.15) is 37.3 Å². The van der Waals surface area contributed by atoms with Crippen LogP contribution in [0.4, 0.5) is 13.2 Å². The number of amides is 1. The van der Waals surface area contributed by atoms with Gasteiger partial charge in [0.05, 0.1) is 11.5 Å². The van der Waals surface area contributed by atoms with Crippen LogP contribution in [0.2, 0.25) is 0 Å². The van der Waals surface area contributed by atoms with Crippen molar-refractivity contribution in [1.29, 1.82) is 0 Å². The molecule has 7 heteroatoms. The van der Waals surface area contributed by atoms with Gasteiger partial charge in [-0.3, -0.25) is 9.59 Å². The molecule has 3 atom stereocenters. The van der Waals surface area contributed by atoms with E-state index >= 15 is 0 Å². The first kappa shape index (κ1) is 18.3. The summed E-state index contributed by atoms with van der Waals surface area (Å²) in [5.41, 5.74) is -0.0606. The predicted molar refractivity (Wildman–Crippen MR) is 81.2 cm³/mol. The molecule has 2 N–H and O–H groups in total. The number of carbonyl (C=O) groups excluding carboxylic acids is 1. The molecule has 1 aromatic carbocycles. The minimum atomic E-state index is -4.37. The summed E-state index contributed by atoms with van der Waals surface area (Å²) < 4.78 is 37.6. The van der Waals surface area contributed by atoms with Gasteiger partial charge in [0.15, 0.2) is 0 Å². The van der Waals surface area contributed by atoms with Crippen molar-refractivity contribution in [3.63, 3.8) is 0 Å². The van der Waals surface area contributed by atoms with Gasteiger partial charge in [0.1, 0.15) is 0 Å². The lowest BCUT2D eigenvalue weighted by Crippen LogP contribution is -2.37. The molecule has 0 spiro atoms. The molecule has 4 nitrogen and oxygen atoms in total. The van der Waals surface area contributed by atoms with Crippen LogP contribution in [-0.4, -0.2) is 23.0 Å². The molecule has 1 aliphatic carbocycles. The molecule has 24 heavy (non-hydrogen) atoms. The van der Waals surface area contributed by atoms with Crippen LogP contribution in [0.5, 0.6) is 0 Å². The zero-order valence-corrected chi connectivity index (χ0v) is 13.3. The number of carbonyl (C=O) groups is 2.